The molecule has 1 aromatic carbocycles. The SMILES string of the molecule is CC(NS(=O)(=O)CCCOCN1CCC(=O)NC1=O)c1cccc(OCC2CC2)c1. The van der Waals surface area contributed by atoms with Gasteiger partial charge in [0.05, 0.1) is 12.4 Å². The Morgan fingerprint density at radius 3 is 2.83 bits per heavy atom. The highest BCUT2D eigenvalue weighted by molar-refractivity contribution is 7.89. The van der Waals surface area contributed by atoms with Gasteiger partial charge in [0.15, 0.2) is 0 Å². The van der Waals surface area contributed by atoms with E-state index in [9.17, 15) is 18.0 Å². The van der Waals surface area contributed by atoms with Crippen LogP contribution >= 0.6 is 0 Å². The normalized spacial score (nSPS) is 18.2. The van der Waals surface area contributed by atoms with Gasteiger partial charge >= 0.3 is 6.03 Å². The van der Waals surface area contributed by atoms with E-state index in [2.05, 4.69) is 10.0 Å². The Balaban J connectivity index is 1.37. The smallest absolute Gasteiger partial charge is 0.325 e. The summed E-state index contributed by atoms with van der Waals surface area (Å²) in [7, 11) is -3.49. The van der Waals surface area contributed by atoms with E-state index in [4.69, 9.17) is 9.47 Å². The lowest BCUT2D eigenvalue weighted by molar-refractivity contribution is -0.122. The molecule has 166 valence electrons. The molecule has 2 aliphatic rings. The molecule has 0 aromatic heterocycles. The minimum Gasteiger partial charge on any atom is -0.493 e. The van der Waals surface area contributed by atoms with Gasteiger partial charge in [0, 0.05) is 25.6 Å². The first-order chi connectivity index (χ1) is 14.3. The third kappa shape index (κ3) is 7.26. The number of ether oxygens (including phenoxy) is 2. The van der Waals surface area contributed by atoms with Gasteiger partial charge < -0.3 is 14.4 Å². The summed E-state index contributed by atoms with van der Waals surface area (Å²) in [5, 5.41) is 2.21. The van der Waals surface area contributed by atoms with Crippen LogP contribution in [0.2, 0.25) is 0 Å². The van der Waals surface area contributed by atoms with Gasteiger partial charge in [-0.2, -0.15) is 0 Å². The number of benzene rings is 1. The van der Waals surface area contributed by atoms with Crippen molar-refractivity contribution in [1.29, 1.82) is 0 Å². The van der Waals surface area contributed by atoms with E-state index in [0.29, 0.717) is 25.5 Å². The van der Waals surface area contributed by atoms with Crippen LogP contribution in [0.5, 0.6) is 5.75 Å². The number of nitrogens with zero attached hydrogens (tertiary/aromatic N) is 1. The lowest BCUT2D eigenvalue weighted by Crippen LogP contribution is -2.50. The van der Waals surface area contributed by atoms with E-state index >= 15 is 0 Å². The van der Waals surface area contributed by atoms with Crippen molar-refractivity contribution in [2.24, 2.45) is 5.92 Å². The van der Waals surface area contributed by atoms with Gasteiger partial charge in [-0.25, -0.2) is 17.9 Å². The van der Waals surface area contributed by atoms with E-state index in [1.807, 2.05) is 24.3 Å². The summed E-state index contributed by atoms with van der Waals surface area (Å²) >= 11 is 0. The minimum absolute atomic E-state index is 0.0244. The first-order valence-corrected chi connectivity index (χ1v) is 11.9. The molecule has 10 heteroatoms. The van der Waals surface area contributed by atoms with Crippen molar-refractivity contribution in [2.45, 2.75) is 38.6 Å². The van der Waals surface area contributed by atoms with Gasteiger partial charge in [-0.05, 0) is 49.8 Å². The quantitative estimate of drug-likeness (QED) is 0.480. The summed E-state index contributed by atoms with van der Waals surface area (Å²) in [4.78, 5) is 24.1. The highest BCUT2D eigenvalue weighted by atomic mass is 32.2. The second-order valence-corrected chi connectivity index (χ2v) is 9.62. The summed E-state index contributed by atoms with van der Waals surface area (Å²) in [6.07, 6.45) is 2.95. The van der Waals surface area contributed by atoms with Crippen LogP contribution in [0.4, 0.5) is 4.79 Å². The molecule has 0 spiro atoms. The summed E-state index contributed by atoms with van der Waals surface area (Å²) < 4.78 is 38.5. The molecular weight excluding hydrogens is 410 g/mol. The van der Waals surface area contributed by atoms with Crippen LogP contribution in [0.25, 0.3) is 0 Å². The molecule has 3 amide bonds. The maximum atomic E-state index is 12.4. The standard InChI is InChI=1S/C20H29N3O6S/c1-15(17-4-2-5-18(12-17)29-13-16-6-7-16)22-30(26,27)11-3-10-28-14-23-9-8-19(24)21-20(23)25/h2,4-5,12,15-16,22H,3,6-11,13-14H2,1H3,(H,21,24,25). The average molecular weight is 440 g/mol. The van der Waals surface area contributed by atoms with Gasteiger partial charge in [0.2, 0.25) is 15.9 Å². The molecule has 1 saturated carbocycles. The number of carbonyl (C=O) groups excluding carboxylic acids is 2. The highest BCUT2D eigenvalue weighted by Gasteiger charge is 2.23. The van der Waals surface area contributed by atoms with E-state index in [0.717, 1.165) is 11.3 Å². The van der Waals surface area contributed by atoms with Gasteiger partial charge in [-0.15, -0.1) is 0 Å². The van der Waals surface area contributed by atoms with Crippen LogP contribution in [-0.2, 0) is 19.6 Å². The Kier molecular flexibility index (Phi) is 7.68. The Hall–Kier alpha value is -2.17. The lowest BCUT2D eigenvalue weighted by Gasteiger charge is -2.26. The van der Waals surface area contributed by atoms with Crippen LogP contribution in [0.15, 0.2) is 24.3 Å². The van der Waals surface area contributed by atoms with Gasteiger partial charge in [-0.1, -0.05) is 12.1 Å². The number of hydrogen-bond acceptors (Lipinski definition) is 6. The summed E-state index contributed by atoms with van der Waals surface area (Å²) in [5.74, 6) is 1.02. The predicted octanol–water partition coefficient (Wildman–Crippen LogP) is 1.76. The van der Waals surface area contributed by atoms with Crippen molar-refractivity contribution in [3.63, 3.8) is 0 Å². The van der Waals surface area contributed by atoms with Crippen LogP contribution in [0, 0.1) is 5.92 Å². The Bertz CT molecular complexity index is 856. The number of imide groups is 1. The summed E-state index contributed by atoms with van der Waals surface area (Å²) in [6.45, 7) is 3.02. The number of rotatable bonds is 12. The average Bonchev–Trinajstić information content (AvgIpc) is 3.52. The molecule has 1 aliphatic heterocycles. The van der Waals surface area contributed by atoms with Gasteiger partial charge in [0.25, 0.3) is 0 Å². The molecule has 1 aliphatic carbocycles. The zero-order valence-electron chi connectivity index (χ0n) is 17.1. The molecule has 2 N–H and O–H groups in total. The number of amides is 3. The monoisotopic (exact) mass is 439 g/mol. The van der Waals surface area contributed by atoms with E-state index in [1.54, 1.807) is 6.92 Å². The molecule has 9 nitrogen and oxygen atoms in total. The van der Waals surface area contributed by atoms with Crippen molar-refractivity contribution in [3.8, 4) is 5.75 Å². The first-order valence-electron chi connectivity index (χ1n) is 10.2. The zero-order chi connectivity index (χ0) is 21.6. The fourth-order valence-corrected chi connectivity index (χ4v) is 4.31. The maximum Gasteiger partial charge on any atom is 0.325 e. The lowest BCUT2D eigenvalue weighted by atomic mass is 10.1. The Morgan fingerprint density at radius 1 is 1.30 bits per heavy atom. The third-order valence-corrected chi connectivity index (χ3v) is 6.53. The largest absolute Gasteiger partial charge is 0.493 e. The number of hydrogen-bond donors (Lipinski definition) is 2. The molecule has 3 rings (SSSR count). The van der Waals surface area contributed by atoms with E-state index < -0.39 is 16.1 Å². The molecule has 2 fully saturated rings. The number of carbonyl (C=O) groups is 2. The topological polar surface area (TPSA) is 114 Å². The molecule has 1 atom stereocenters. The van der Waals surface area contributed by atoms with E-state index in [-0.39, 0.29) is 37.5 Å². The second kappa shape index (κ2) is 10.2. The molecule has 30 heavy (non-hydrogen) atoms. The Morgan fingerprint density at radius 2 is 2.10 bits per heavy atom. The predicted molar refractivity (Wildman–Crippen MR) is 110 cm³/mol. The number of urea groups is 1. The highest BCUT2D eigenvalue weighted by Crippen LogP contribution is 2.30. The van der Waals surface area contributed by atoms with Crippen LogP contribution in [-0.4, -0.2) is 57.5 Å². The minimum atomic E-state index is -3.49. The molecule has 0 radical (unpaired) electrons. The van der Waals surface area contributed by atoms with Gasteiger partial charge in [-0.3, -0.25) is 10.1 Å². The fourth-order valence-electron chi connectivity index (χ4n) is 3.02. The first kappa shape index (κ1) is 22.5. The summed E-state index contributed by atoms with van der Waals surface area (Å²) in [5.41, 5.74) is 0.841. The maximum absolute atomic E-state index is 12.4. The molecule has 1 aromatic rings. The molecular formula is C20H29N3O6S. The molecule has 0 bridgehead atoms. The van der Waals surface area contributed by atoms with Gasteiger partial charge in [0.1, 0.15) is 12.5 Å². The number of nitrogens with one attached hydrogen (secondary N) is 2. The van der Waals surface area contributed by atoms with E-state index in [1.165, 1.54) is 17.7 Å². The van der Waals surface area contributed by atoms with Crippen LogP contribution in [0.1, 0.15) is 44.2 Å². The number of sulfonamides is 1. The molecule has 1 saturated heterocycles. The fraction of sp³-hybridized carbons (Fsp3) is 0.600. The van der Waals surface area contributed by atoms with Crippen molar-refractivity contribution >= 4 is 22.0 Å². The Labute approximate surface area is 177 Å². The zero-order valence-corrected chi connectivity index (χ0v) is 17.9. The second-order valence-electron chi connectivity index (χ2n) is 7.74. The summed E-state index contributed by atoms with van der Waals surface area (Å²) in [6, 6.07) is 6.61. The molecule has 1 heterocycles. The van der Waals surface area contributed by atoms with Crippen molar-refractivity contribution in [1.82, 2.24) is 14.9 Å². The van der Waals surface area contributed by atoms with Crippen molar-refractivity contribution in [2.75, 3.05) is 32.2 Å². The van der Waals surface area contributed by atoms with Crippen LogP contribution in [0.3, 0.4) is 0 Å². The third-order valence-electron chi connectivity index (χ3n) is 4.99. The van der Waals surface area contributed by atoms with Crippen LogP contribution < -0.4 is 14.8 Å². The van der Waals surface area contributed by atoms with Crippen molar-refractivity contribution < 1.29 is 27.5 Å². The molecule has 1 unspecified atom stereocenters. The van der Waals surface area contributed by atoms with Crippen molar-refractivity contribution in [3.05, 3.63) is 29.8 Å².